The highest BCUT2D eigenvalue weighted by molar-refractivity contribution is 7.99. The maximum absolute atomic E-state index is 12.2. The van der Waals surface area contributed by atoms with Crippen molar-refractivity contribution < 1.29 is 9.53 Å². The van der Waals surface area contributed by atoms with Crippen molar-refractivity contribution in [2.75, 3.05) is 12.9 Å². The molecule has 0 aliphatic rings. The Kier molecular flexibility index (Phi) is 7.83. The molecule has 0 aliphatic carbocycles. The fraction of sp³-hybridized carbons (Fsp3) is 0.304. The number of nitrogens with zero attached hydrogens (tertiary/aromatic N) is 4. The van der Waals surface area contributed by atoms with Gasteiger partial charge in [-0.1, -0.05) is 49.9 Å². The van der Waals surface area contributed by atoms with Crippen LogP contribution in [0.2, 0.25) is 0 Å². The zero-order valence-corrected chi connectivity index (χ0v) is 19.0. The summed E-state index contributed by atoms with van der Waals surface area (Å²) in [6.45, 7) is 7.03. The molecule has 0 saturated carbocycles. The molecule has 31 heavy (non-hydrogen) atoms. The molecule has 0 bridgehead atoms. The van der Waals surface area contributed by atoms with Crippen LogP contribution in [0, 0.1) is 0 Å². The van der Waals surface area contributed by atoms with Crippen LogP contribution in [-0.4, -0.2) is 39.7 Å². The van der Waals surface area contributed by atoms with E-state index in [2.05, 4.69) is 46.7 Å². The number of methoxy groups -OCH3 is 1. The first-order chi connectivity index (χ1) is 15.0. The van der Waals surface area contributed by atoms with E-state index in [4.69, 9.17) is 4.74 Å². The molecular weight excluding hydrogens is 410 g/mol. The number of nitrogens with one attached hydrogen (secondary N) is 1. The van der Waals surface area contributed by atoms with Crippen LogP contribution in [-0.2, 0) is 11.3 Å². The summed E-state index contributed by atoms with van der Waals surface area (Å²) in [6.07, 6.45) is 1.64. The highest BCUT2D eigenvalue weighted by Crippen LogP contribution is 2.25. The number of benzene rings is 2. The lowest BCUT2D eigenvalue weighted by atomic mass is 10.0. The maximum atomic E-state index is 12.2. The average Bonchev–Trinajstić information content (AvgIpc) is 3.21. The molecule has 0 radical (unpaired) electrons. The summed E-state index contributed by atoms with van der Waals surface area (Å²) in [5.41, 5.74) is 5.72. The van der Waals surface area contributed by atoms with Gasteiger partial charge in [0.1, 0.15) is 5.75 Å². The van der Waals surface area contributed by atoms with Crippen molar-refractivity contribution in [3.05, 3.63) is 59.7 Å². The number of carbonyl (C=O) groups is 1. The molecule has 1 heterocycles. The van der Waals surface area contributed by atoms with Gasteiger partial charge < -0.3 is 9.30 Å². The zero-order valence-electron chi connectivity index (χ0n) is 18.2. The first-order valence-corrected chi connectivity index (χ1v) is 11.1. The van der Waals surface area contributed by atoms with Crippen LogP contribution in [0.3, 0.4) is 0 Å². The molecule has 0 fully saturated rings. The molecule has 0 aliphatic heterocycles. The molecule has 0 spiro atoms. The van der Waals surface area contributed by atoms with E-state index in [-0.39, 0.29) is 11.7 Å². The van der Waals surface area contributed by atoms with Crippen LogP contribution in [0.4, 0.5) is 0 Å². The third-order valence-electron chi connectivity index (χ3n) is 4.72. The summed E-state index contributed by atoms with van der Waals surface area (Å²) in [6, 6.07) is 15.8. The van der Waals surface area contributed by atoms with E-state index in [1.807, 2.05) is 47.9 Å². The van der Waals surface area contributed by atoms with Gasteiger partial charge in [-0.3, -0.25) is 4.79 Å². The Hall–Kier alpha value is -3.13. The predicted octanol–water partition coefficient (Wildman–Crippen LogP) is 4.34. The lowest BCUT2D eigenvalue weighted by Crippen LogP contribution is -2.20. The predicted molar refractivity (Wildman–Crippen MR) is 125 cm³/mol. The first kappa shape index (κ1) is 22.6. The van der Waals surface area contributed by atoms with Gasteiger partial charge in [0.25, 0.3) is 5.91 Å². The minimum atomic E-state index is -0.197. The quantitative estimate of drug-likeness (QED) is 0.306. The minimum Gasteiger partial charge on any atom is -0.497 e. The number of hydrazone groups is 1. The maximum Gasteiger partial charge on any atom is 0.250 e. The Morgan fingerprint density at radius 3 is 2.48 bits per heavy atom. The summed E-state index contributed by atoms with van der Waals surface area (Å²) >= 11 is 1.33. The molecule has 2 aromatic carbocycles. The first-order valence-electron chi connectivity index (χ1n) is 10.1. The number of carbonyl (C=O) groups excluding carboxylic acids is 1. The molecule has 1 N–H and O–H groups in total. The van der Waals surface area contributed by atoms with Gasteiger partial charge in [0, 0.05) is 12.1 Å². The number of hydrogen-bond acceptors (Lipinski definition) is 6. The summed E-state index contributed by atoms with van der Waals surface area (Å²) in [4.78, 5) is 12.2. The van der Waals surface area contributed by atoms with Crippen LogP contribution in [0.15, 0.2) is 58.8 Å². The van der Waals surface area contributed by atoms with Crippen molar-refractivity contribution in [2.45, 2.75) is 38.4 Å². The molecule has 8 heteroatoms. The highest BCUT2D eigenvalue weighted by Gasteiger charge is 2.14. The number of amides is 1. The van der Waals surface area contributed by atoms with Crippen molar-refractivity contribution in [2.24, 2.45) is 5.10 Å². The second-order valence-corrected chi connectivity index (χ2v) is 8.12. The third kappa shape index (κ3) is 5.95. The second-order valence-electron chi connectivity index (χ2n) is 7.18. The third-order valence-corrected chi connectivity index (χ3v) is 5.69. The molecule has 7 nitrogen and oxygen atoms in total. The van der Waals surface area contributed by atoms with Gasteiger partial charge in [0.2, 0.25) is 0 Å². The molecule has 1 amide bonds. The Bertz CT molecular complexity index is 1030. The summed E-state index contributed by atoms with van der Waals surface area (Å²) in [5, 5.41) is 13.3. The SMILES string of the molecule is CCn1c(SCC(=O)NN=Cc2ccc(C(C)C)cc2)nnc1-c1ccc(OC)cc1. The van der Waals surface area contributed by atoms with E-state index in [1.165, 1.54) is 17.3 Å². The van der Waals surface area contributed by atoms with E-state index in [0.29, 0.717) is 17.6 Å². The zero-order chi connectivity index (χ0) is 22.2. The molecule has 3 rings (SSSR count). The summed E-state index contributed by atoms with van der Waals surface area (Å²) < 4.78 is 7.19. The molecule has 1 aromatic heterocycles. The van der Waals surface area contributed by atoms with Crippen molar-refractivity contribution >= 4 is 23.9 Å². The van der Waals surface area contributed by atoms with Crippen LogP contribution in [0.25, 0.3) is 11.4 Å². The Labute approximate surface area is 186 Å². The monoisotopic (exact) mass is 437 g/mol. The Morgan fingerprint density at radius 2 is 1.87 bits per heavy atom. The highest BCUT2D eigenvalue weighted by atomic mass is 32.2. The van der Waals surface area contributed by atoms with Crippen LogP contribution < -0.4 is 10.2 Å². The molecular formula is C23H27N5O2S. The number of hydrogen-bond donors (Lipinski definition) is 1. The fourth-order valence-electron chi connectivity index (χ4n) is 2.94. The molecule has 0 atom stereocenters. The average molecular weight is 438 g/mol. The van der Waals surface area contributed by atoms with E-state index in [1.54, 1.807) is 13.3 Å². The largest absolute Gasteiger partial charge is 0.497 e. The lowest BCUT2D eigenvalue weighted by Gasteiger charge is -2.07. The van der Waals surface area contributed by atoms with Crippen molar-refractivity contribution in [3.63, 3.8) is 0 Å². The van der Waals surface area contributed by atoms with E-state index in [9.17, 15) is 4.79 Å². The molecule has 3 aromatic rings. The minimum absolute atomic E-state index is 0.197. The summed E-state index contributed by atoms with van der Waals surface area (Å²) in [5.74, 6) is 2.03. The van der Waals surface area contributed by atoms with Crippen molar-refractivity contribution in [1.82, 2.24) is 20.2 Å². The normalized spacial score (nSPS) is 11.3. The Balaban J connectivity index is 1.56. The fourth-order valence-corrected chi connectivity index (χ4v) is 3.74. The van der Waals surface area contributed by atoms with Gasteiger partial charge in [0.05, 0.1) is 19.1 Å². The lowest BCUT2D eigenvalue weighted by molar-refractivity contribution is -0.118. The van der Waals surface area contributed by atoms with E-state index >= 15 is 0 Å². The van der Waals surface area contributed by atoms with Gasteiger partial charge in [-0.15, -0.1) is 10.2 Å². The van der Waals surface area contributed by atoms with Crippen LogP contribution >= 0.6 is 11.8 Å². The van der Waals surface area contributed by atoms with Crippen molar-refractivity contribution in [3.8, 4) is 17.1 Å². The van der Waals surface area contributed by atoms with E-state index in [0.717, 1.165) is 22.7 Å². The topological polar surface area (TPSA) is 81.4 Å². The van der Waals surface area contributed by atoms with Crippen LogP contribution in [0.1, 0.15) is 37.8 Å². The smallest absolute Gasteiger partial charge is 0.250 e. The number of ether oxygens (including phenoxy) is 1. The van der Waals surface area contributed by atoms with Gasteiger partial charge in [0.15, 0.2) is 11.0 Å². The van der Waals surface area contributed by atoms with Gasteiger partial charge >= 0.3 is 0 Å². The Morgan fingerprint density at radius 1 is 1.16 bits per heavy atom. The van der Waals surface area contributed by atoms with Gasteiger partial charge in [-0.25, -0.2) is 5.43 Å². The number of aromatic nitrogens is 3. The second kappa shape index (κ2) is 10.8. The number of thioether (sulfide) groups is 1. The standard InChI is InChI=1S/C23H27N5O2S/c1-5-28-22(19-10-12-20(30-4)13-11-19)26-27-23(28)31-15-21(29)25-24-14-17-6-8-18(9-7-17)16(2)3/h6-14,16H,5,15H2,1-4H3,(H,25,29). The molecule has 0 saturated heterocycles. The molecule has 0 unspecified atom stereocenters. The number of rotatable bonds is 9. The van der Waals surface area contributed by atoms with Gasteiger partial charge in [-0.2, -0.15) is 5.10 Å². The van der Waals surface area contributed by atoms with Crippen molar-refractivity contribution in [1.29, 1.82) is 0 Å². The van der Waals surface area contributed by atoms with Gasteiger partial charge in [-0.05, 0) is 48.2 Å². The van der Waals surface area contributed by atoms with E-state index < -0.39 is 0 Å². The summed E-state index contributed by atoms with van der Waals surface area (Å²) in [7, 11) is 1.63. The van der Waals surface area contributed by atoms with Crippen LogP contribution in [0.5, 0.6) is 5.75 Å². The molecule has 162 valence electrons.